The molecule has 4 N–H and O–H groups in total. The molecule has 0 fully saturated rings. The van der Waals surface area contributed by atoms with Crippen LogP contribution in [0.25, 0.3) is 22.3 Å². The van der Waals surface area contributed by atoms with Crippen molar-refractivity contribution in [3.8, 4) is 28.0 Å². The second kappa shape index (κ2) is 10.3. The van der Waals surface area contributed by atoms with Gasteiger partial charge in [-0.05, 0) is 42.8 Å². The summed E-state index contributed by atoms with van der Waals surface area (Å²) in [5.41, 5.74) is 14.4. The highest BCUT2D eigenvalue weighted by Gasteiger charge is 2.19. The van der Waals surface area contributed by atoms with Crippen molar-refractivity contribution in [3.05, 3.63) is 121 Å². The molecule has 0 aliphatic heterocycles. The first-order valence-electron chi connectivity index (χ1n) is 12.1. The molecule has 178 valence electrons. The van der Waals surface area contributed by atoms with Gasteiger partial charge in [-0.2, -0.15) is 0 Å². The van der Waals surface area contributed by atoms with E-state index >= 15 is 0 Å². The molecule has 0 amide bonds. The maximum Gasteiger partial charge on any atom is 0.147 e. The number of hydrogen-bond donors (Lipinski definition) is 3. The Kier molecular flexibility index (Phi) is 6.59. The summed E-state index contributed by atoms with van der Waals surface area (Å²) in [5.74, 6) is 0.216. The van der Waals surface area contributed by atoms with Crippen molar-refractivity contribution < 1.29 is 5.11 Å². The zero-order valence-corrected chi connectivity index (χ0v) is 20.2. The number of rotatable bonds is 7. The molecule has 5 aromatic rings. The number of phenols is 1. The highest BCUT2D eigenvalue weighted by Crippen LogP contribution is 2.44. The quantitative estimate of drug-likeness (QED) is 0.209. The SMILES string of the molecule is CCN(c1ccccc1N)c1cccc(-c2ccccc2Nc2ccccc2-c2ccccc2)c1O. The highest BCUT2D eigenvalue weighted by molar-refractivity contribution is 5.91. The summed E-state index contributed by atoms with van der Waals surface area (Å²) in [5, 5.41) is 15.1. The molecule has 4 heteroatoms. The lowest BCUT2D eigenvalue weighted by atomic mass is 9.99. The smallest absolute Gasteiger partial charge is 0.147 e. The number of aromatic hydroxyl groups is 1. The van der Waals surface area contributed by atoms with Crippen LogP contribution in [0, 0.1) is 0 Å². The molecule has 0 saturated heterocycles. The summed E-state index contributed by atoms with van der Waals surface area (Å²) in [4.78, 5) is 2.04. The molecule has 0 aliphatic carbocycles. The second-order valence-corrected chi connectivity index (χ2v) is 8.56. The van der Waals surface area contributed by atoms with E-state index in [9.17, 15) is 5.11 Å². The molecule has 5 rings (SSSR count). The average Bonchev–Trinajstić information content (AvgIpc) is 2.92. The first kappa shape index (κ1) is 23.1. The van der Waals surface area contributed by atoms with Crippen LogP contribution in [-0.2, 0) is 0 Å². The van der Waals surface area contributed by atoms with Crippen LogP contribution in [0.5, 0.6) is 5.75 Å². The van der Waals surface area contributed by atoms with Gasteiger partial charge in [0.2, 0.25) is 0 Å². The number of nitrogen functional groups attached to an aromatic ring is 1. The Labute approximate surface area is 212 Å². The van der Waals surface area contributed by atoms with Gasteiger partial charge in [0.15, 0.2) is 0 Å². The van der Waals surface area contributed by atoms with Gasteiger partial charge in [-0.15, -0.1) is 0 Å². The summed E-state index contributed by atoms with van der Waals surface area (Å²) in [7, 11) is 0. The third-order valence-electron chi connectivity index (χ3n) is 6.35. The fourth-order valence-electron chi connectivity index (χ4n) is 4.60. The molecule has 0 spiro atoms. The van der Waals surface area contributed by atoms with Crippen LogP contribution in [-0.4, -0.2) is 11.7 Å². The van der Waals surface area contributed by atoms with E-state index in [0.29, 0.717) is 17.9 Å². The molecular weight excluding hydrogens is 442 g/mol. The summed E-state index contributed by atoms with van der Waals surface area (Å²) < 4.78 is 0. The molecule has 4 nitrogen and oxygen atoms in total. The Hall–Kier alpha value is -4.70. The summed E-state index contributed by atoms with van der Waals surface area (Å²) >= 11 is 0. The lowest BCUT2D eigenvalue weighted by Crippen LogP contribution is -2.17. The van der Waals surface area contributed by atoms with Gasteiger partial charge >= 0.3 is 0 Å². The first-order chi connectivity index (χ1) is 17.7. The number of anilines is 5. The van der Waals surface area contributed by atoms with Crippen LogP contribution >= 0.6 is 0 Å². The Morgan fingerprint density at radius 1 is 0.611 bits per heavy atom. The Balaban J connectivity index is 1.57. The maximum atomic E-state index is 11.5. The van der Waals surface area contributed by atoms with Gasteiger partial charge < -0.3 is 21.1 Å². The number of nitrogens with two attached hydrogens (primary N) is 1. The van der Waals surface area contributed by atoms with Crippen LogP contribution in [0.15, 0.2) is 121 Å². The lowest BCUT2D eigenvalue weighted by molar-refractivity contribution is 0.477. The van der Waals surface area contributed by atoms with E-state index in [0.717, 1.165) is 39.3 Å². The number of para-hydroxylation sites is 5. The highest BCUT2D eigenvalue weighted by atomic mass is 16.3. The topological polar surface area (TPSA) is 61.5 Å². The monoisotopic (exact) mass is 471 g/mol. The standard InChI is InChI=1S/C32H29N3O/c1-2-35(30-21-11-8-18-27(30)33)31-22-12-17-26(32(31)36)25-16-7-10-20-29(25)34-28-19-9-6-15-24(28)23-13-4-3-5-14-23/h3-22,34,36H,2,33H2,1H3. The average molecular weight is 472 g/mol. The number of nitrogens with zero attached hydrogens (tertiary/aromatic N) is 1. The second-order valence-electron chi connectivity index (χ2n) is 8.56. The molecule has 0 atom stereocenters. The van der Waals surface area contributed by atoms with Gasteiger partial charge in [-0.1, -0.05) is 91.0 Å². The molecule has 36 heavy (non-hydrogen) atoms. The van der Waals surface area contributed by atoms with Crippen molar-refractivity contribution in [2.45, 2.75) is 6.92 Å². The molecule has 0 saturated carbocycles. The van der Waals surface area contributed by atoms with E-state index in [2.05, 4.69) is 36.5 Å². The predicted molar refractivity (Wildman–Crippen MR) is 152 cm³/mol. The Morgan fingerprint density at radius 2 is 1.17 bits per heavy atom. The molecule has 0 aliphatic rings. The molecule has 0 unspecified atom stereocenters. The zero-order valence-electron chi connectivity index (χ0n) is 20.2. The maximum absolute atomic E-state index is 11.5. The lowest BCUT2D eigenvalue weighted by Gasteiger charge is -2.26. The minimum absolute atomic E-state index is 0.216. The third kappa shape index (κ3) is 4.49. The molecule has 5 aromatic carbocycles. The van der Waals surface area contributed by atoms with Crippen molar-refractivity contribution in [1.29, 1.82) is 0 Å². The van der Waals surface area contributed by atoms with Gasteiger partial charge in [0.1, 0.15) is 5.75 Å². The minimum Gasteiger partial charge on any atom is -0.505 e. The van der Waals surface area contributed by atoms with Crippen molar-refractivity contribution >= 4 is 28.4 Å². The molecule has 0 heterocycles. The fourth-order valence-corrected chi connectivity index (χ4v) is 4.60. The van der Waals surface area contributed by atoms with Crippen LogP contribution in [0.1, 0.15) is 6.92 Å². The summed E-state index contributed by atoms with van der Waals surface area (Å²) in [6.07, 6.45) is 0. The largest absolute Gasteiger partial charge is 0.505 e. The van der Waals surface area contributed by atoms with E-state index in [1.54, 1.807) is 0 Å². The Bertz CT molecular complexity index is 1480. The van der Waals surface area contributed by atoms with Crippen molar-refractivity contribution in [3.63, 3.8) is 0 Å². The number of hydrogen-bond acceptors (Lipinski definition) is 4. The van der Waals surface area contributed by atoms with Crippen molar-refractivity contribution in [1.82, 2.24) is 0 Å². The molecule has 0 radical (unpaired) electrons. The zero-order chi connectivity index (χ0) is 24.9. The third-order valence-corrected chi connectivity index (χ3v) is 6.35. The van der Waals surface area contributed by atoms with Gasteiger partial charge in [0, 0.05) is 34.6 Å². The molecule has 0 bridgehead atoms. The van der Waals surface area contributed by atoms with Gasteiger partial charge in [0.25, 0.3) is 0 Å². The van der Waals surface area contributed by atoms with E-state index in [1.807, 2.05) is 102 Å². The van der Waals surface area contributed by atoms with Gasteiger partial charge in [-0.3, -0.25) is 0 Å². The number of phenolic OH excluding ortho intramolecular Hbond substituents is 1. The summed E-state index contributed by atoms with van der Waals surface area (Å²) in [6, 6.07) is 40.2. The van der Waals surface area contributed by atoms with Crippen LogP contribution in [0.2, 0.25) is 0 Å². The first-order valence-corrected chi connectivity index (χ1v) is 12.1. The number of nitrogens with one attached hydrogen (secondary N) is 1. The van der Waals surface area contributed by atoms with E-state index < -0.39 is 0 Å². The van der Waals surface area contributed by atoms with Crippen molar-refractivity contribution in [2.24, 2.45) is 0 Å². The van der Waals surface area contributed by atoms with E-state index in [1.165, 1.54) is 0 Å². The van der Waals surface area contributed by atoms with Crippen LogP contribution in [0.3, 0.4) is 0 Å². The Morgan fingerprint density at radius 3 is 1.89 bits per heavy atom. The van der Waals surface area contributed by atoms with Crippen LogP contribution in [0.4, 0.5) is 28.4 Å². The van der Waals surface area contributed by atoms with E-state index in [-0.39, 0.29) is 5.75 Å². The summed E-state index contributed by atoms with van der Waals surface area (Å²) in [6.45, 7) is 2.71. The van der Waals surface area contributed by atoms with Crippen molar-refractivity contribution in [2.75, 3.05) is 22.5 Å². The minimum atomic E-state index is 0.216. The van der Waals surface area contributed by atoms with Crippen LogP contribution < -0.4 is 16.0 Å². The molecule has 0 aromatic heterocycles. The van der Waals surface area contributed by atoms with Gasteiger partial charge in [-0.25, -0.2) is 0 Å². The fraction of sp³-hybridized carbons (Fsp3) is 0.0625. The number of benzene rings is 5. The normalized spacial score (nSPS) is 10.7. The predicted octanol–water partition coefficient (Wildman–Crippen LogP) is 8.21. The molecular formula is C32H29N3O. The van der Waals surface area contributed by atoms with E-state index in [4.69, 9.17) is 5.73 Å². The van der Waals surface area contributed by atoms with Gasteiger partial charge in [0.05, 0.1) is 17.1 Å².